The van der Waals surface area contributed by atoms with E-state index < -0.39 is 12.1 Å². The first-order valence-electron chi connectivity index (χ1n) is 5.54. The van der Waals surface area contributed by atoms with Gasteiger partial charge in [0.25, 0.3) is 0 Å². The van der Waals surface area contributed by atoms with Crippen LogP contribution in [0.1, 0.15) is 23.7 Å². The fraction of sp³-hybridized carbons (Fsp3) is 0.417. The number of rotatable bonds is 4. The van der Waals surface area contributed by atoms with Gasteiger partial charge in [0.05, 0.1) is 18.9 Å². The Bertz CT molecular complexity index is 434. The smallest absolute Gasteiger partial charge is 0.415 e. The minimum Gasteiger partial charge on any atom is -0.465 e. The van der Waals surface area contributed by atoms with Crippen molar-refractivity contribution in [3.05, 3.63) is 24.0 Å². The van der Waals surface area contributed by atoms with Crippen molar-refractivity contribution in [1.29, 1.82) is 0 Å². The molecule has 18 heavy (non-hydrogen) atoms. The molecule has 0 bridgehead atoms. The van der Waals surface area contributed by atoms with Gasteiger partial charge in [-0.25, -0.2) is 9.59 Å². The molecule has 0 aliphatic heterocycles. The van der Waals surface area contributed by atoms with Crippen LogP contribution in [0.2, 0.25) is 0 Å². The van der Waals surface area contributed by atoms with Crippen molar-refractivity contribution < 1.29 is 19.1 Å². The van der Waals surface area contributed by atoms with E-state index in [1.165, 1.54) is 30.5 Å². The minimum atomic E-state index is -0.526. The maximum atomic E-state index is 11.6. The van der Waals surface area contributed by atoms with Crippen molar-refractivity contribution in [3.8, 4) is 5.75 Å². The van der Waals surface area contributed by atoms with E-state index in [1.54, 1.807) is 7.05 Å². The Balaban J connectivity index is 2.73. The molecule has 1 aromatic heterocycles. The molecule has 0 spiro atoms. The van der Waals surface area contributed by atoms with Crippen LogP contribution in [-0.4, -0.2) is 42.6 Å². The number of aromatic nitrogens is 1. The molecule has 0 atom stereocenters. The largest absolute Gasteiger partial charge is 0.465 e. The SMILES string of the molecule is CCCN(C)C(=O)Oc1cncc(C(=O)OC)c1. The summed E-state index contributed by atoms with van der Waals surface area (Å²) in [4.78, 5) is 28.2. The van der Waals surface area contributed by atoms with Crippen LogP contribution in [-0.2, 0) is 4.74 Å². The average molecular weight is 252 g/mol. The van der Waals surface area contributed by atoms with Crippen molar-refractivity contribution in [2.24, 2.45) is 0 Å². The molecule has 0 saturated carbocycles. The summed E-state index contributed by atoms with van der Waals surface area (Å²) >= 11 is 0. The van der Waals surface area contributed by atoms with Crippen LogP contribution in [0.4, 0.5) is 4.79 Å². The molecule has 1 heterocycles. The maximum Gasteiger partial charge on any atom is 0.415 e. The van der Waals surface area contributed by atoms with E-state index in [1.807, 2.05) is 6.92 Å². The lowest BCUT2D eigenvalue weighted by Crippen LogP contribution is -2.30. The molecule has 98 valence electrons. The van der Waals surface area contributed by atoms with E-state index in [0.29, 0.717) is 6.54 Å². The van der Waals surface area contributed by atoms with E-state index in [0.717, 1.165) is 6.42 Å². The molecular weight excluding hydrogens is 236 g/mol. The molecular formula is C12H16N2O4. The van der Waals surface area contributed by atoms with Gasteiger partial charge in [-0.2, -0.15) is 0 Å². The van der Waals surface area contributed by atoms with Crippen LogP contribution < -0.4 is 4.74 Å². The zero-order chi connectivity index (χ0) is 13.5. The molecule has 1 rings (SSSR count). The number of esters is 1. The molecule has 6 heteroatoms. The van der Waals surface area contributed by atoms with Crippen molar-refractivity contribution >= 4 is 12.1 Å². The number of hydrogen-bond donors (Lipinski definition) is 0. The number of carbonyl (C=O) groups is 2. The van der Waals surface area contributed by atoms with Gasteiger partial charge in [-0.05, 0) is 12.5 Å². The molecule has 0 unspecified atom stereocenters. The highest BCUT2D eigenvalue weighted by Gasteiger charge is 2.12. The van der Waals surface area contributed by atoms with Gasteiger partial charge in [0.1, 0.15) is 0 Å². The van der Waals surface area contributed by atoms with Gasteiger partial charge >= 0.3 is 12.1 Å². The number of pyridine rings is 1. The molecule has 0 radical (unpaired) electrons. The number of carbonyl (C=O) groups excluding carboxylic acids is 2. The standard InChI is InChI=1S/C12H16N2O4/c1-4-5-14(2)12(16)18-10-6-9(7-13-8-10)11(15)17-3/h6-8H,4-5H2,1-3H3. The maximum absolute atomic E-state index is 11.6. The second-order valence-corrected chi connectivity index (χ2v) is 3.69. The van der Waals surface area contributed by atoms with Crippen LogP contribution in [0, 0.1) is 0 Å². The highest BCUT2D eigenvalue weighted by Crippen LogP contribution is 2.13. The van der Waals surface area contributed by atoms with E-state index in [-0.39, 0.29) is 11.3 Å². The third-order valence-corrected chi connectivity index (χ3v) is 2.21. The molecule has 0 aliphatic carbocycles. The molecule has 0 saturated heterocycles. The molecule has 0 fully saturated rings. The summed E-state index contributed by atoms with van der Waals surface area (Å²) in [5.41, 5.74) is 0.237. The number of nitrogens with zero attached hydrogens (tertiary/aromatic N) is 2. The Morgan fingerprint density at radius 1 is 1.39 bits per heavy atom. The van der Waals surface area contributed by atoms with Crippen molar-refractivity contribution in [2.45, 2.75) is 13.3 Å². The molecule has 0 aromatic carbocycles. The minimum absolute atomic E-state index is 0.214. The number of methoxy groups -OCH3 is 1. The lowest BCUT2D eigenvalue weighted by atomic mass is 10.3. The first-order chi connectivity index (χ1) is 8.58. The van der Waals surface area contributed by atoms with Gasteiger partial charge < -0.3 is 14.4 Å². The second kappa shape index (κ2) is 6.58. The van der Waals surface area contributed by atoms with Gasteiger partial charge in [0.15, 0.2) is 5.75 Å². The molecule has 6 nitrogen and oxygen atoms in total. The fourth-order valence-corrected chi connectivity index (χ4v) is 1.31. The number of ether oxygens (including phenoxy) is 2. The fourth-order valence-electron chi connectivity index (χ4n) is 1.31. The number of hydrogen-bond acceptors (Lipinski definition) is 5. The zero-order valence-corrected chi connectivity index (χ0v) is 10.7. The summed E-state index contributed by atoms with van der Waals surface area (Å²) in [5.74, 6) is -0.312. The molecule has 1 aromatic rings. The van der Waals surface area contributed by atoms with E-state index in [2.05, 4.69) is 9.72 Å². The highest BCUT2D eigenvalue weighted by atomic mass is 16.6. The Morgan fingerprint density at radius 2 is 2.11 bits per heavy atom. The van der Waals surface area contributed by atoms with Crippen molar-refractivity contribution in [3.63, 3.8) is 0 Å². The second-order valence-electron chi connectivity index (χ2n) is 3.69. The predicted molar refractivity (Wildman–Crippen MR) is 64.5 cm³/mol. The van der Waals surface area contributed by atoms with Crippen molar-refractivity contribution in [1.82, 2.24) is 9.88 Å². The van der Waals surface area contributed by atoms with Crippen LogP contribution in [0.25, 0.3) is 0 Å². The quantitative estimate of drug-likeness (QED) is 0.763. The third kappa shape index (κ3) is 3.73. The van der Waals surface area contributed by atoms with Crippen LogP contribution >= 0.6 is 0 Å². The van der Waals surface area contributed by atoms with Crippen LogP contribution in [0.3, 0.4) is 0 Å². The van der Waals surface area contributed by atoms with Gasteiger partial charge in [-0.3, -0.25) is 4.98 Å². The third-order valence-electron chi connectivity index (χ3n) is 2.21. The normalized spacial score (nSPS) is 9.72. The van der Waals surface area contributed by atoms with Gasteiger partial charge in [0.2, 0.25) is 0 Å². The zero-order valence-electron chi connectivity index (χ0n) is 10.7. The van der Waals surface area contributed by atoms with Gasteiger partial charge in [-0.1, -0.05) is 6.92 Å². The summed E-state index contributed by atoms with van der Waals surface area (Å²) in [5, 5.41) is 0. The summed E-state index contributed by atoms with van der Waals surface area (Å²) in [6, 6.07) is 1.41. The molecule has 1 amide bonds. The van der Waals surface area contributed by atoms with Crippen LogP contribution in [0.15, 0.2) is 18.5 Å². The first kappa shape index (κ1) is 14.0. The Kier molecular flexibility index (Phi) is 5.10. The lowest BCUT2D eigenvalue weighted by Gasteiger charge is -2.15. The van der Waals surface area contributed by atoms with E-state index >= 15 is 0 Å². The first-order valence-corrected chi connectivity index (χ1v) is 5.54. The average Bonchev–Trinajstić information content (AvgIpc) is 2.38. The topological polar surface area (TPSA) is 68.7 Å². The van der Waals surface area contributed by atoms with Gasteiger partial charge in [-0.15, -0.1) is 0 Å². The summed E-state index contributed by atoms with van der Waals surface area (Å²) in [6.07, 6.45) is 3.07. The Morgan fingerprint density at radius 3 is 2.72 bits per heavy atom. The predicted octanol–water partition coefficient (Wildman–Crippen LogP) is 1.71. The Labute approximate surface area is 106 Å². The lowest BCUT2D eigenvalue weighted by molar-refractivity contribution is 0.0599. The summed E-state index contributed by atoms with van der Waals surface area (Å²) < 4.78 is 9.63. The Hall–Kier alpha value is -2.11. The monoisotopic (exact) mass is 252 g/mol. The highest BCUT2D eigenvalue weighted by molar-refractivity contribution is 5.89. The molecule has 0 N–H and O–H groups in total. The molecule has 0 aliphatic rings. The van der Waals surface area contributed by atoms with E-state index in [4.69, 9.17) is 4.74 Å². The van der Waals surface area contributed by atoms with Gasteiger partial charge in [0, 0.05) is 19.8 Å². The van der Waals surface area contributed by atoms with Crippen LogP contribution in [0.5, 0.6) is 5.75 Å². The number of amides is 1. The van der Waals surface area contributed by atoms with Crippen molar-refractivity contribution in [2.75, 3.05) is 20.7 Å². The summed E-state index contributed by atoms with van der Waals surface area (Å²) in [6.45, 7) is 2.56. The summed E-state index contributed by atoms with van der Waals surface area (Å²) in [7, 11) is 2.92. The van der Waals surface area contributed by atoms with E-state index in [9.17, 15) is 9.59 Å².